The Labute approximate surface area is 625 Å². The van der Waals surface area contributed by atoms with Gasteiger partial charge in [0.1, 0.15) is 49.1 Å². The molecular formula is C86H82N4O18. The fourth-order valence-electron chi connectivity index (χ4n) is 10.9. The van der Waals surface area contributed by atoms with Gasteiger partial charge in [0.05, 0.1) is 65.5 Å². The third-order valence-corrected chi connectivity index (χ3v) is 16.6. The van der Waals surface area contributed by atoms with Crippen LogP contribution in [0.2, 0.25) is 0 Å². The number of esters is 4. The Morgan fingerprint density at radius 3 is 1.02 bits per heavy atom. The van der Waals surface area contributed by atoms with Crippen molar-refractivity contribution >= 4 is 70.3 Å². The Kier molecular flexibility index (Phi) is 30.6. The van der Waals surface area contributed by atoms with E-state index in [0.717, 1.165) is 141 Å². The van der Waals surface area contributed by atoms with Crippen molar-refractivity contribution < 1.29 is 86.7 Å². The number of methoxy groups -OCH3 is 2. The number of fused-ring (bicyclic) bond motifs is 2. The summed E-state index contributed by atoms with van der Waals surface area (Å²) in [5.41, 5.74) is 7.80. The highest BCUT2D eigenvalue weighted by Crippen LogP contribution is 2.46. The molecule has 0 spiro atoms. The molecule has 0 aromatic heterocycles. The molecule has 0 N–H and O–H groups in total. The van der Waals surface area contributed by atoms with Crippen LogP contribution in [0.1, 0.15) is 117 Å². The van der Waals surface area contributed by atoms with E-state index in [1.807, 2.05) is 170 Å². The maximum atomic E-state index is 12.8. The van der Waals surface area contributed by atoms with Crippen LogP contribution in [0.15, 0.2) is 252 Å². The first-order valence-electron chi connectivity index (χ1n) is 35.0. The molecule has 10 aromatic carbocycles. The average Bonchev–Trinajstić information content (AvgIpc) is 0.753. The second-order valence-corrected chi connectivity index (χ2v) is 24.2. The van der Waals surface area contributed by atoms with Crippen molar-refractivity contribution in [1.29, 1.82) is 0 Å². The minimum atomic E-state index is -0.619. The Morgan fingerprint density at radius 2 is 0.657 bits per heavy atom. The molecule has 0 heterocycles. The third kappa shape index (κ3) is 24.2. The SMILES string of the molecule is C=CC(=O)OCCCCCCOc1ccc(COOc2ccc(C=NN=Cc3ccc(COOc4ccc5ccccc5c4-c4c(OOCc5ccc(C=NN=Cc6ccc(OOCc7ccc(OCCCCCCOC(=O)C=C)cc7)c(C(=O)OC)c6)cc5)ccc5ccccc45)cc3)cc2C(=O)OC)cc1. The molecule has 0 aliphatic heterocycles. The van der Waals surface area contributed by atoms with E-state index in [1.54, 1.807) is 48.8 Å². The number of benzene rings is 10. The summed E-state index contributed by atoms with van der Waals surface area (Å²) >= 11 is 0. The number of unbranched alkanes of at least 4 members (excludes halogenated alkanes) is 6. The standard InChI is InChI=1S/C86H82N4O18/c1-5-81(91)99-49-17-9-7-15-47-97-71-39-31-65(32-40-71)59-101-105-77-43-35-67(51-75(77)85(93)95-3)55-89-87-53-61-23-27-63(28-24-61)57-103-107-79-45-37-69-19-11-13-21-73(69)83(79)84-74-22-14-12-20-70(74)38-46-80(84)108-104-58-64-29-25-62(26-30-64)54-88-90-56-68-36-44-78(76(52-68)86(94)96-4)106-102-60-66-33-41-72(42-34-66)98-48-16-8-10-18-50-100-82(92)6-2/h5-6,11-14,19-46,51-56H,1-2,7-10,15-18,47-50,57-60H2,3-4H3. The number of hydrogen-bond donors (Lipinski definition) is 0. The number of nitrogens with zero attached hydrogens (tertiary/aromatic N) is 4. The summed E-state index contributed by atoms with van der Waals surface area (Å²) in [6.07, 6.45) is 15.6. The summed E-state index contributed by atoms with van der Waals surface area (Å²) in [6.45, 7) is 9.12. The summed E-state index contributed by atoms with van der Waals surface area (Å²) in [5.74, 6) is 0.664. The molecule has 0 bridgehead atoms. The normalized spacial score (nSPS) is 11.3. The Morgan fingerprint density at radius 1 is 0.343 bits per heavy atom. The van der Waals surface area contributed by atoms with Crippen LogP contribution in [0.4, 0.5) is 0 Å². The van der Waals surface area contributed by atoms with Gasteiger partial charge in [-0.05, 0) is 190 Å². The van der Waals surface area contributed by atoms with Crippen LogP contribution in [0.5, 0.6) is 34.5 Å². The van der Waals surface area contributed by atoms with Crippen molar-refractivity contribution in [3.8, 4) is 45.6 Å². The zero-order chi connectivity index (χ0) is 75.3. The van der Waals surface area contributed by atoms with Crippen molar-refractivity contribution in [2.45, 2.75) is 77.8 Å². The van der Waals surface area contributed by atoms with Crippen LogP contribution in [-0.2, 0) is 74.5 Å². The van der Waals surface area contributed by atoms with Crippen LogP contribution in [0.3, 0.4) is 0 Å². The molecule has 22 heteroatoms. The van der Waals surface area contributed by atoms with Gasteiger partial charge in [0.15, 0.2) is 23.0 Å². The van der Waals surface area contributed by atoms with E-state index in [1.165, 1.54) is 26.6 Å². The Hall–Kier alpha value is -12.6. The molecule has 0 aliphatic rings. The maximum Gasteiger partial charge on any atom is 0.341 e. The predicted octanol–water partition coefficient (Wildman–Crippen LogP) is 17.5. The summed E-state index contributed by atoms with van der Waals surface area (Å²) in [4.78, 5) is 94.6. The molecule has 554 valence electrons. The van der Waals surface area contributed by atoms with Crippen molar-refractivity contribution in [3.05, 3.63) is 287 Å². The molecule has 0 saturated carbocycles. The molecule has 22 nitrogen and oxygen atoms in total. The van der Waals surface area contributed by atoms with Gasteiger partial charge in [-0.2, -0.15) is 40.0 Å². The van der Waals surface area contributed by atoms with Crippen LogP contribution in [0, 0.1) is 0 Å². The fourth-order valence-corrected chi connectivity index (χ4v) is 10.9. The lowest BCUT2D eigenvalue weighted by atomic mass is 9.92. The second kappa shape index (κ2) is 42.4. The number of rotatable bonds is 43. The van der Waals surface area contributed by atoms with Crippen molar-refractivity contribution in [1.82, 2.24) is 0 Å². The first kappa shape index (κ1) is 78.0. The summed E-state index contributed by atoms with van der Waals surface area (Å²) in [7, 11) is 2.57. The zero-order valence-corrected chi connectivity index (χ0v) is 60.0. The zero-order valence-electron chi connectivity index (χ0n) is 60.0. The predicted molar refractivity (Wildman–Crippen MR) is 411 cm³/mol. The van der Waals surface area contributed by atoms with Gasteiger partial charge in [-0.25, -0.2) is 19.2 Å². The maximum absolute atomic E-state index is 12.8. The monoisotopic (exact) mass is 1460 g/mol. The molecule has 0 fully saturated rings. The Balaban J connectivity index is 0.683. The summed E-state index contributed by atoms with van der Waals surface area (Å²) in [6, 6.07) is 63.6. The topological polar surface area (TPSA) is 247 Å². The largest absolute Gasteiger partial charge is 0.494 e. The number of carbonyl (C=O) groups excluding carboxylic acids is 4. The van der Waals surface area contributed by atoms with E-state index in [2.05, 4.69) is 33.6 Å². The third-order valence-electron chi connectivity index (χ3n) is 16.6. The molecular weight excluding hydrogens is 1380 g/mol. The highest BCUT2D eigenvalue weighted by Gasteiger charge is 2.22. The quantitative estimate of drug-likeness (QED) is 0.00655. The smallest absolute Gasteiger partial charge is 0.341 e. The summed E-state index contributed by atoms with van der Waals surface area (Å²) < 4.78 is 31.8. The highest BCUT2D eigenvalue weighted by molar-refractivity contribution is 6.10. The van der Waals surface area contributed by atoms with E-state index < -0.39 is 23.9 Å². The van der Waals surface area contributed by atoms with Crippen LogP contribution in [-0.4, -0.2) is 89.4 Å². The molecule has 0 aliphatic carbocycles. The highest BCUT2D eigenvalue weighted by atomic mass is 17.2. The van der Waals surface area contributed by atoms with Crippen molar-refractivity contribution in [2.75, 3.05) is 40.6 Å². The molecule has 0 unspecified atom stereocenters. The number of hydrogen-bond acceptors (Lipinski definition) is 22. The van der Waals surface area contributed by atoms with E-state index in [-0.39, 0.29) is 49.1 Å². The first-order chi connectivity index (χ1) is 53.0. The second-order valence-electron chi connectivity index (χ2n) is 24.2. The lowest BCUT2D eigenvalue weighted by molar-refractivity contribution is -0.218. The van der Waals surface area contributed by atoms with Gasteiger partial charge in [0.2, 0.25) is 0 Å². The minimum absolute atomic E-state index is 0.105. The van der Waals surface area contributed by atoms with Crippen molar-refractivity contribution in [2.24, 2.45) is 20.4 Å². The van der Waals surface area contributed by atoms with Gasteiger partial charge in [-0.3, -0.25) is 0 Å². The molecule has 10 aromatic rings. The minimum Gasteiger partial charge on any atom is -0.494 e. The van der Waals surface area contributed by atoms with Crippen LogP contribution >= 0.6 is 0 Å². The summed E-state index contributed by atoms with van der Waals surface area (Å²) in [5, 5.41) is 20.7. The van der Waals surface area contributed by atoms with Gasteiger partial charge in [0.25, 0.3) is 0 Å². The van der Waals surface area contributed by atoms with E-state index in [4.69, 9.17) is 67.5 Å². The first-order valence-corrected chi connectivity index (χ1v) is 35.0. The fraction of sp³-hybridized carbons (Fsp3) is 0.209. The molecule has 10 rings (SSSR count). The number of ether oxygens (including phenoxy) is 6. The van der Waals surface area contributed by atoms with Gasteiger partial charge < -0.3 is 48.0 Å². The Bertz CT molecular complexity index is 4450. The van der Waals surface area contributed by atoms with Crippen molar-refractivity contribution in [3.63, 3.8) is 0 Å². The van der Waals surface area contributed by atoms with Gasteiger partial charge in [-0.15, -0.1) is 0 Å². The molecule has 0 amide bonds. The molecule has 108 heavy (non-hydrogen) atoms. The van der Waals surface area contributed by atoms with Gasteiger partial charge >= 0.3 is 23.9 Å². The molecule has 0 saturated heterocycles. The van der Waals surface area contributed by atoms with Gasteiger partial charge in [0, 0.05) is 23.3 Å². The van der Waals surface area contributed by atoms with E-state index in [9.17, 15) is 19.2 Å². The number of carbonyl (C=O) groups is 4. The van der Waals surface area contributed by atoms with Crippen LogP contribution < -0.4 is 29.0 Å². The van der Waals surface area contributed by atoms with E-state index >= 15 is 0 Å². The molecule has 0 atom stereocenters. The molecule has 0 radical (unpaired) electrons. The van der Waals surface area contributed by atoms with E-state index in [0.29, 0.717) is 49.1 Å². The average molecular weight is 1460 g/mol. The van der Waals surface area contributed by atoms with Gasteiger partial charge in [-0.1, -0.05) is 147 Å². The van der Waals surface area contributed by atoms with Crippen LogP contribution in [0.25, 0.3) is 32.7 Å². The lowest BCUT2D eigenvalue weighted by Crippen LogP contribution is -2.07. The lowest BCUT2D eigenvalue weighted by Gasteiger charge is -2.18.